The molecular formula is C15H23NO. The number of nitrogens with one attached hydrogen (secondary N) is 1. The van der Waals surface area contributed by atoms with Crippen LogP contribution in [-0.4, -0.2) is 13.7 Å². The Balaban J connectivity index is 2.10. The van der Waals surface area contributed by atoms with Crippen molar-refractivity contribution in [2.24, 2.45) is 5.41 Å². The van der Waals surface area contributed by atoms with Gasteiger partial charge in [0.05, 0.1) is 7.11 Å². The molecule has 2 rings (SSSR count). The van der Waals surface area contributed by atoms with Crippen LogP contribution in [0.25, 0.3) is 0 Å². The van der Waals surface area contributed by atoms with E-state index in [4.69, 9.17) is 4.74 Å². The number of hydrogen-bond acceptors (Lipinski definition) is 2. The van der Waals surface area contributed by atoms with Gasteiger partial charge in [0.15, 0.2) is 0 Å². The van der Waals surface area contributed by atoms with Crippen LogP contribution in [0.2, 0.25) is 0 Å². The highest BCUT2D eigenvalue weighted by Crippen LogP contribution is 2.38. The summed E-state index contributed by atoms with van der Waals surface area (Å²) in [6.45, 7) is 7.99. The zero-order valence-electron chi connectivity index (χ0n) is 11.3. The lowest BCUT2D eigenvalue weighted by Crippen LogP contribution is -2.09. The third kappa shape index (κ3) is 2.93. The van der Waals surface area contributed by atoms with Crippen LogP contribution in [0.5, 0.6) is 5.75 Å². The minimum Gasteiger partial charge on any atom is -0.497 e. The molecule has 0 aliphatic carbocycles. The lowest BCUT2D eigenvalue weighted by atomic mass is 9.85. The van der Waals surface area contributed by atoms with Crippen molar-refractivity contribution in [1.82, 2.24) is 0 Å². The van der Waals surface area contributed by atoms with Gasteiger partial charge in [-0.15, -0.1) is 0 Å². The molecule has 17 heavy (non-hydrogen) atoms. The third-order valence-electron chi connectivity index (χ3n) is 3.48. The van der Waals surface area contributed by atoms with Gasteiger partial charge >= 0.3 is 0 Å². The molecule has 0 fully saturated rings. The van der Waals surface area contributed by atoms with E-state index in [1.54, 1.807) is 7.11 Å². The number of hydrogen-bond donors (Lipinski definition) is 1. The first-order valence-electron chi connectivity index (χ1n) is 6.41. The summed E-state index contributed by atoms with van der Waals surface area (Å²) in [5, 5.41) is 3.48. The molecule has 1 aromatic rings. The van der Waals surface area contributed by atoms with E-state index in [0.717, 1.165) is 12.3 Å². The zero-order valence-corrected chi connectivity index (χ0v) is 11.3. The number of rotatable bonds is 3. The third-order valence-corrected chi connectivity index (χ3v) is 3.48. The SMILES string of the molecule is COc1ccc2c(c1)C(CCC(C)(C)C)CN2. The summed E-state index contributed by atoms with van der Waals surface area (Å²) in [5.74, 6) is 1.60. The fourth-order valence-electron chi connectivity index (χ4n) is 2.37. The highest BCUT2D eigenvalue weighted by Gasteiger charge is 2.24. The summed E-state index contributed by atoms with van der Waals surface area (Å²) >= 11 is 0. The van der Waals surface area contributed by atoms with E-state index in [2.05, 4.69) is 38.2 Å². The van der Waals surface area contributed by atoms with Crippen LogP contribution in [0.1, 0.15) is 45.1 Å². The highest BCUT2D eigenvalue weighted by atomic mass is 16.5. The molecule has 1 aliphatic rings. The minimum atomic E-state index is 0.418. The molecule has 1 N–H and O–H groups in total. The minimum absolute atomic E-state index is 0.418. The first-order valence-corrected chi connectivity index (χ1v) is 6.41. The van der Waals surface area contributed by atoms with Crippen molar-refractivity contribution < 1.29 is 4.74 Å². The van der Waals surface area contributed by atoms with Gasteiger partial charge in [0.1, 0.15) is 5.75 Å². The molecule has 2 heteroatoms. The summed E-state index contributed by atoms with van der Waals surface area (Å²) < 4.78 is 5.31. The number of anilines is 1. The number of ether oxygens (including phenoxy) is 1. The second kappa shape index (κ2) is 4.59. The molecule has 0 spiro atoms. The Bertz CT molecular complexity index is 392. The Kier molecular flexibility index (Phi) is 3.32. The van der Waals surface area contributed by atoms with Gasteiger partial charge in [0.2, 0.25) is 0 Å². The second-order valence-electron chi connectivity index (χ2n) is 6.13. The Morgan fingerprint density at radius 1 is 1.35 bits per heavy atom. The van der Waals surface area contributed by atoms with Crippen LogP contribution >= 0.6 is 0 Å². The zero-order chi connectivity index (χ0) is 12.5. The molecule has 2 nitrogen and oxygen atoms in total. The summed E-state index contributed by atoms with van der Waals surface area (Å²) in [6, 6.07) is 6.34. The van der Waals surface area contributed by atoms with Crippen LogP contribution in [0.4, 0.5) is 5.69 Å². The van der Waals surface area contributed by atoms with Crippen LogP contribution in [0, 0.1) is 5.41 Å². The standard InChI is InChI=1S/C15H23NO/c1-15(2,3)8-7-11-10-16-14-6-5-12(17-4)9-13(11)14/h5-6,9,11,16H,7-8,10H2,1-4H3. The summed E-state index contributed by atoms with van der Waals surface area (Å²) in [7, 11) is 1.73. The number of fused-ring (bicyclic) bond motifs is 1. The van der Waals surface area contributed by atoms with E-state index >= 15 is 0 Å². The number of methoxy groups -OCH3 is 1. The van der Waals surface area contributed by atoms with Crippen molar-refractivity contribution >= 4 is 5.69 Å². The maximum absolute atomic E-state index is 5.31. The molecule has 0 saturated carbocycles. The molecule has 1 unspecified atom stereocenters. The fourth-order valence-corrected chi connectivity index (χ4v) is 2.37. The molecular weight excluding hydrogens is 210 g/mol. The molecule has 0 bridgehead atoms. The van der Waals surface area contributed by atoms with Gasteiger partial charge < -0.3 is 10.1 Å². The molecule has 1 aliphatic heterocycles. The van der Waals surface area contributed by atoms with Crippen molar-refractivity contribution in [3.63, 3.8) is 0 Å². The van der Waals surface area contributed by atoms with Crippen molar-refractivity contribution in [1.29, 1.82) is 0 Å². The smallest absolute Gasteiger partial charge is 0.119 e. The molecule has 94 valence electrons. The van der Waals surface area contributed by atoms with E-state index in [0.29, 0.717) is 11.3 Å². The van der Waals surface area contributed by atoms with Gasteiger partial charge in [-0.1, -0.05) is 20.8 Å². The highest BCUT2D eigenvalue weighted by molar-refractivity contribution is 5.60. The molecule has 1 atom stereocenters. The predicted molar refractivity (Wildman–Crippen MR) is 72.9 cm³/mol. The van der Waals surface area contributed by atoms with Gasteiger partial charge in [-0.25, -0.2) is 0 Å². The van der Waals surface area contributed by atoms with Gasteiger partial charge in [0, 0.05) is 18.2 Å². The van der Waals surface area contributed by atoms with Gasteiger partial charge in [0.25, 0.3) is 0 Å². The van der Waals surface area contributed by atoms with Gasteiger partial charge in [-0.05, 0) is 42.0 Å². The molecule has 1 heterocycles. The number of benzene rings is 1. The van der Waals surface area contributed by atoms with Crippen LogP contribution in [-0.2, 0) is 0 Å². The summed E-state index contributed by atoms with van der Waals surface area (Å²) in [6.07, 6.45) is 2.51. The quantitative estimate of drug-likeness (QED) is 0.851. The average molecular weight is 233 g/mol. The fraction of sp³-hybridized carbons (Fsp3) is 0.600. The van der Waals surface area contributed by atoms with E-state index in [9.17, 15) is 0 Å². The van der Waals surface area contributed by atoms with Gasteiger partial charge in [-0.2, -0.15) is 0 Å². The Morgan fingerprint density at radius 3 is 2.76 bits per heavy atom. The normalized spacial score (nSPS) is 18.7. The Labute approximate surface area is 104 Å². The van der Waals surface area contributed by atoms with E-state index in [1.165, 1.54) is 24.1 Å². The van der Waals surface area contributed by atoms with E-state index in [1.807, 2.05) is 6.07 Å². The van der Waals surface area contributed by atoms with Crippen molar-refractivity contribution in [2.45, 2.75) is 39.5 Å². The molecule has 1 aromatic carbocycles. The summed E-state index contributed by atoms with van der Waals surface area (Å²) in [5.41, 5.74) is 3.13. The predicted octanol–water partition coefficient (Wildman–Crippen LogP) is 4.03. The van der Waals surface area contributed by atoms with Gasteiger partial charge in [-0.3, -0.25) is 0 Å². The molecule has 0 radical (unpaired) electrons. The van der Waals surface area contributed by atoms with E-state index < -0.39 is 0 Å². The largest absolute Gasteiger partial charge is 0.497 e. The first-order chi connectivity index (χ1) is 7.99. The molecule has 0 aromatic heterocycles. The van der Waals surface area contributed by atoms with Crippen LogP contribution in [0.3, 0.4) is 0 Å². The molecule has 0 amide bonds. The topological polar surface area (TPSA) is 21.3 Å². The van der Waals surface area contributed by atoms with Crippen LogP contribution < -0.4 is 10.1 Å². The van der Waals surface area contributed by atoms with Crippen molar-refractivity contribution in [3.05, 3.63) is 23.8 Å². The summed E-state index contributed by atoms with van der Waals surface area (Å²) in [4.78, 5) is 0. The first kappa shape index (κ1) is 12.3. The maximum atomic E-state index is 5.31. The molecule has 0 saturated heterocycles. The monoisotopic (exact) mass is 233 g/mol. The Hall–Kier alpha value is -1.18. The maximum Gasteiger partial charge on any atom is 0.119 e. The van der Waals surface area contributed by atoms with Crippen molar-refractivity contribution in [3.8, 4) is 5.75 Å². The average Bonchev–Trinajstić information content (AvgIpc) is 2.67. The van der Waals surface area contributed by atoms with E-state index in [-0.39, 0.29) is 0 Å². The van der Waals surface area contributed by atoms with Crippen LogP contribution in [0.15, 0.2) is 18.2 Å². The Morgan fingerprint density at radius 2 is 2.12 bits per heavy atom. The van der Waals surface area contributed by atoms with Crippen molar-refractivity contribution in [2.75, 3.05) is 19.0 Å². The lowest BCUT2D eigenvalue weighted by molar-refractivity contribution is 0.352. The second-order valence-corrected chi connectivity index (χ2v) is 6.13. The lowest BCUT2D eigenvalue weighted by Gasteiger charge is -2.20.